The van der Waals surface area contributed by atoms with Crippen LogP contribution in [0.4, 0.5) is 10.2 Å². The molecule has 3 heterocycles. The number of aromatic hydroxyl groups is 1. The van der Waals surface area contributed by atoms with Crippen molar-refractivity contribution < 1.29 is 9.50 Å². The maximum absolute atomic E-state index is 14.6. The molecule has 27 heavy (non-hydrogen) atoms. The van der Waals surface area contributed by atoms with E-state index in [1.807, 2.05) is 14.0 Å². The zero-order chi connectivity index (χ0) is 19.3. The highest BCUT2D eigenvalue weighted by Crippen LogP contribution is 2.36. The smallest absolute Gasteiger partial charge is 0.180 e. The minimum atomic E-state index is -0.413. The number of rotatable bonds is 3. The van der Waals surface area contributed by atoms with Crippen molar-refractivity contribution >= 4 is 28.6 Å². The van der Waals surface area contributed by atoms with E-state index in [9.17, 15) is 9.50 Å². The van der Waals surface area contributed by atoms with Crippen LogP contribution in [0.3, 0.4) is 0 Å². The first kappa shape index (κ1) is 18.0. The number of likely N-dealkylation sites (tertiary alicyclic amines) is 1. The second kappa shape index (κ2) is 6.65. The van der Waals surface area contributed by atoms with E-state index >= 15 is 0 Å². The van der Waals surface area contributed by atoms with Crippen molar-refractivity contribution in [3.05, 3.63) is 34.6 Å². The fourth-order valence-corrected chi connectivity index (χ4v) is 3.94. The summed E-state index contributed by atoms with van der Waals surface area (Å²) in [6.07, 6.45) is 0.945. The number of nitrogens with one attached hydrogen (secondary N) is 1. The van der Waals surface area contributed by atoms with Crippen LogP contribution in [0.5, 0.6) is 5.75 Å². The van der Waals surface area contributed by atoms with Gasteiger partial charge in [-0.2, -0.15) is 0 Å². The fraction of sp³-hybridized carbons (Fsp3) is 0.368. The van der Waals surface area contributed by atoms with Crippen LogP contribution in [0.15, 0.2) is 18.2 Å². The predicted octanol–water partition coefficient (Wildman–Crippen LogP) is 3.56. The third-order valence-corrected chi connectivity index (χ3v) is 5.28. The molecule has 0 saturated carbocycles. The molecule has 0 spiro atoms. The highest BCUT2D eigenvalue weighted by Gasteiger charge is 2.23. The topological polar surface area (TPSA) is 66.2 Å². The fourth-order valence-electron chi connectivity index (χ4n) is 3.68. The number of hydrogen-bond acceptors (Lipinski definition) is 5. The number of aromatic nitrogens is 3. The van der Waals surface area contributed by atoms with Crippen molar-refractivity contribution in [3.63, 3.8) is 0 Å². The van der Waals surface area contributed by atoms with Crippen LogP contribution < -0.4 is 5.32 Å². The number of aryl methyl sites for hydroxylation is 2. The van der Waals surface area contributed by atoms with Gasteiger partial charge in [0, 0.05) is 30.7 Å². The number of benzene rings is 1. The van der Waals surface area contributed by atoms with Crippen LogP contribution in [-0.2, 0) is 7.05 Å². The molecule has 1 aliphatic heterocycles. The number of nitrogens with zero attached hydrogens (tertiary/aromatic N) is 4. The average Bonchev–Trinajstić information content (AvgIpc) is 3.12. The summed E-state index contributed by atoms with van der Waals surface area (Å²) < 4.78 is 16.4. The summed E-state index contributed by atoms with van der Waals surface area (Å²) in [4.78, 5) is 11.2. The maximum Gasteiger partial charge on any atom is 0.180 e. The van der Waals surface area contributed by atoms with E-state index in [4.69, 9.17) is 11.6 Å². The number of phenolic OH excluding ortho intramolecular Hbond substituents is 1. The third kappa shape index (κ3) is 3.21. The summed E-state index contributed by atoms with van der Waals surface area (Å²) >= 11 is 6.00. The lowest BCUT2D eigenvalue weighted by Gasteiger charge is -2.14. The van der Waals surface area contributed by atoms with Crippen LogP contribution in [0.25, 0.3) is 22.6 Å². The van der Waals surface area contributed by atoms with Crippen molar-refractivity contribution in [3.8, 4) is 17.1 Å². The lowest BCUT2D eigenvalue weighted by Crippen LogP contribution is -2.24. The summed E-state index contributed by atoms with van der Waals surface area (Å²) in [5.74, 6) is 0.348. The first-order valence-corrected chi connectivity index (χ1v) is 9.19. The zero-order valence-corrected chi connectivity index (χ0v) is 16.2. The molecule has 3 aromatic rings. The Labute approximate surface area is 161 Å². The predicted molar refractivity (Wildman–Crippen MR) is 105 cm³/mol. The first-order valence-electron chi connectivity index (χ1n) is 8.81. The second-order valence-corrected chi connectivity index (χ2v) is 7.60. The number of hydrogen-bond donors (Lipinski definition) is 2. The molecule has 0 amide bonds. The Balaban J connectivity index is 1.78. The number of anilines is 1. The molecule has 4 rings (SSSR count). The monoisotopic (exact) mass is 389 g/mol. The van der Waals surface area contributed by atoms with Crippen LogP contribution in [0.1, 0.15) is 12.0 Å². The molecule has 0 radical (unpaired) electrons. The quantitative estimate of drug-likeness (QED) is 0.717. The Morgan fingerprint density at radius 2 is 2.04 bits per heavy atom. The summed E-state index contributed by atoms with van der Waals surface area (Å²) in [7, 11) is 3.82. The highest BCUT2D eigenvalue weighted by atomic mass is 35.5. The van der Waals surface area contributed by atoms with Crippen molar-refractivity contribution in [2.45, 2.75) is 19.4 Å². The maximum atomic E-state index is 14.6. The van der Waals surface area contributed by atoms with Crippen LogP contribution >= 0.6 is 11.6 Å². The molecule has 1 aliphatic rings. The van der Waals surface area contributed by atoms with Crippen LogP contribution in [0, 0.1) is 12.7 Å². The molecule has 1 unspecified atom stereocenters. The zero-order valence-electron chi connectivity index (χ0n) is 15.4. The van der Waals surface area contributed by atoms with Crippen molar-refractivity contribution in [1.29, 1.82) is 0 Å². The standard InChI is InChI=1S/C19H21ClFN5O/c1-10-6-11(20)7-15(27)16(10)19-24-18-14(26(19)3)8-13(21)17(23-18)22-12-4-5-25(2)9-12/h6-8,12,27H,4-5,9H2,1-3H3,(H,22,23). The third-order valence-electron chi connectivity index (χ3n) is 5.06. The molecular formula is C19H21ClFN5O. The Hall–Kier alpha value is -2.38. The summed E-state index contributed by atoms with van der Waals surface area (Å²) in [6, 6.07) is 4.83. The Bertz CT molecular complexity index is 1010. The van der Waals surface area contributed by atoms with Gasteiger partial charge in [-0.05, 0) is 44.6 Å². The minimum absolute atomic E-state index is 0.0335. The molecular weight excluding hydrogens is 369 g/mol. The number of phenols is 1. The number of fused-ring (bicyclic) bond motifs is 1. The summed E-state index contributed by atoms with van der Waals surface area (Å²) in [5.41, 5.74) is 2.33. The van der Waals surface area contributed by atoms with Gasteiger partial charge < -0.3 is 19.9 Å². The number of imidazole rings is 1. The lowest BCUT2D eigenvalue weighted by molar-refractivity contribution is 0.414. The highest BCUT2D eigenvalue weighted by molar-refractivity contribution is 6.31. The van der Waals surface area contributed by atoms with E-state index in [0.717, 1.165) is 25.1 Å². The molecule has 142 valence electrons. The van der Waals surface area contributed by atoms with Gasteiger partial charge in [0.25, 0.3) is 0 Å². The van der Waals surface area contributed by atoms with E-state index < -0.39 is 5.82 Å². The van der Waals surface area contributed by atoms with E-state index in [2.05, 4.69) is 20.2 Å². The van der Waals surface area contributed by atoms with Crippen molar-refractivity contribution in [2.75, 3.05) is 25.5 Å². The van der Waals surface area contributed by atoms with Gasteiger partial charge in [-0.15, -0.1) is 0 Å². The van der Waals surface area contributed by atoms with Gasteiger partial charge in [0.2, 0.25) is 0 Å². The molecule has 1 aromatic carbocycles. The van der Waals surface area contributed by atoms with Gasteiger partial charge in [0.15, 0.2) is 17.3 Å². The normalized spacial score (nSPS) is 17.7. The Morgan fingerprint density at radius 1 is 1.26 bits per heavy atom. The molecule has 1 fully saturated rings. The molecule has 8 heteroatoms. The van der Waals surface area contributed by atoms with Gasteiger partial charge >= 0.3 is 0 Å². The van der Waals surface area contributed by atoms with E-state index in [0.29, 0.717) is 27.6 Å². The second-order valence-electron chi connectivity index (χ2n) is 7.16. The molecule has 1 atom stereocenters. The van der Waals surface area contributed by atoms with Gasteiger partial charge in [-0.25, -0.2) is 14.4 Å². The lowest BCUT2D eigenvalue weighted by atomic mass is 10.1. The average molecular weight is 390 g/mol. The van der Waals surface area contributed by atoms with E-state index in [-0.39, 0.29) is 17.6 Å². The molecule has 2 N–H and O–H groups in total. The molecule has 0 aliphatic carbocycles. The van der Waals surface area contributed by atoms with Crippen LogP contribution in [-0.4, -0.2) is 50.7 Å². The molecule has 1 saturated heterocycles. The Kier molecular flexibility index (Phi) is 4.44. The van der Waals surface area contributed by atoms with Crippen molar-refractivity contribution in [2.24, 2.45) is 7.05 Å². The summed E-state index contributed by atoms with van der Waals surface area (Å²) in [6.45, 7) is 3.67. The van der Waals surface area contributed by atoms with Gasteiger partial charge in [0.05, 0.1) is 11.1 Å². The van der Waals surface area contributed by atoms with Crippen LogP contribution in [0.2, 0.25) is 5.02 Å². The van der Waals surface area contributed by atoms with E-state index in [1.54, 1.807) is 17.7 Å². The van der Waals surface area contributed by atoms with Gasteiger partial charge in [0.1, 0.15) is 11.6 Å². The SMILES string of the molecule is Cc1cc(Cl)cc(O)c1-c1nc2nc(NC3CCN(C)C3)c(F)cc2n1C. The summed E-state index contributed by atoms with van der Waals surface area (Å²) in [5, 5.41) is 14.0. The molecule has 0 bridgehead atoms. The first-order chi connectivity index (χ1) is 12.8. The van der Waals surface area contributed by atoms with Crippen molar-refractivity contribution in [1.82, 2.24) is 19.4 Å². The molecule has 2 aromatic heterocycles. The largest absolute Gasteiger partial charge is 0.507 e. The number of halogens is 2. The molecule has 6 nitrogen and oxygen atoms in total. The minimum Gasteiger partial charge on any atom is -0.507 e. The van der Waals surface area contributed by atoms with Gasteiger partial charge in [-0.1, -0.05) is 11.6 Å². The number of pyridine rings is 1. The number of likely N-dealkylation sites (N-methyl/N-ethyl adjacent to an activating group) is 1. The van der Waals surface area contributed by atoms with E-state index in [1.165, 1.54) is 12.1 Å². The van der Waals surface area contributed by atoms with Gasteiger partial charge in [-0.3, -0.25) is 0 Å². The Morgan fingerprint density at radius 3 is 2.70 bits per heavy atom.